The fourth-order valence-corrected chi connectivity index (χ4v) is 6.43. The zero-order valence-corrected chi connectivity index (χ0v) is 21.6. The molecule has 9 heteroatoms. The third-order valence-corrected chi connectivity index (χ3v) is 8.81. The highest BCUT2D eigenvalue weighted by atomic mass is 32.2. The molecule has 0 bridgehead atoms. The maximum Gasteiger partial charge on any atom is 0.225 e. The average molecular weight is 492 g/mol. The topological polar surface area (TPSA) is 97.3 Å². The van der Waals surface area contributed by atoms with Gasteiger partial charge < -0.3 is 20.4 Å². The maximum atomic E-state index is 13.1. The average Bonchev–Trinajstić information content (AvgIpc) is 3.47. The second-order valence-electron chi connectivity index (χ2n) is 10.4. The van der Waals surface area contributed by atoms with E-state index in [-0.39, 0.29) is 17.4 Å². The number of aromatic nitrogens is 2. The van der Waals surface area contributed by atoms with Crippen LogP contribution in [0.3, 0.4) is 0 Å². The van der Waals surface area contributed by atoms with Crippen LogP contribution in [0.25, 0.3) is 0 Å². The number of amides is 1. The zero-order valence-electron chi connectivity index (χ0n) is 20.0. The summed E-state index contributed by atoms with van der Waals surface area (Å²) in [6.45, 7) is 8.76. The number of nitrogens with zero attached hydrogens (tertiary/aromatic N) is 3. The van der Waals surface area contributed by atoms with Crippen molar-refractivity contribution in [2.45, 2.75) is 80.7 Å². The highest BCUT2D eigenvalue weighted by Crippen LogP contribution is 2.33. The molecule has 7 nitrogen and oxygen atoms in total. The normalized spacial score (nSPS) is 24.1. The molecule has 1 aliphatic heterocycles. The molecule has 33 heavy (non-hydrogen) atoms. The summed E-state index contributed by atoms with van der Waals surface area (Å²) in [6, 6.07) is 0.258. The number of likely N-dealkylation sites (tertiary alicyclic amines) is 1. The minimum absolute atomic E-state index is 0.0311. The Bertz CT molecular complexity index is 914. The number of piperidine rings is 1. The van der Waals surface area contributed by atoms with Gasteiger partial charge in [-0.05, 0) is 51.0 Å². The largest absolute Gasteiger partial charge is 0.444 e. The molecule has 0 radical (unpaired) electrons. The second kappa shape index (κ2) is 10.8. The number of hydrogen-bond donors (Lipinski definition) is 2. The SMILES string of the molecule is CC(C)(C)c1cnc(CSc2cnc(N[C@@H]3CCCN(C(=O)C4CCC(CN)CC4)C3)s2)o1. The van der Waals surface area contributed by atoms with Crippen LogP contribution in [0.1, 0.15) is 70.9 Å². The van der Waals surface area contributed by atoms with Crippen molar-refractivity contribution >= 4 is 34.1 Å². The van der Waals surface area contributed by atoms with E-state index in [1.165, 1.54) is 0 Å². The number of nitrogens with one attached hydrogen (secondary N) is 1. The van der Waals surface area contributed by atoms with E-state index in [1.807, 2.05) is 12.4 Å². The van der Waals surface area contributed by atoms with Crippen LogP contribution >= 0.6 is 23.1 Å². The molecule has 2 fully saturated rings. The number of hydrogen-bond acceptors (Lipinski definition) is 8. The third-order valence-electron chi connectivity index (χ3n) is 6.71. The van der Waals surface area contributed by atoms with Crippen LogP contribution in [-0.2, 0) is 16.0 Å². The van der Waals surface area contributed by atoms with Gasteiger partial charge in [-0.25, -0.2) is 9.97 Å². The van der Waals surface area contributed by atoms with E-state index >= 15 is 0 Å². The number of thiazole rings is 1. The fourth-order valence-electron chi connectivity index (χ4n) is 4.62. The van der Waals surface area contributed by atoms with Crippen molar-refractivity contribution < 1.29 is 9.21 Å². The second-order valence-corrected chi connectivity index (χ2v) is 12.7. The number of rotatable bonds is 7. The summed E-state index contributed by atoms with van der Waals surface area (Å²) in [5, 5.41) is 4.49. The van der Waals surface area contributed by atoms with Gasteiger partial charge in [0.2, 0.25) is 11.8 Å². The molecule has 1 saturated carbocycles. The highest BCUT2D eigenvalue weighted by Gasteiger charge is 2.32. The predicted molar refractivity (Wildman–Crippen MR) is 135 cm³/mol. The lowest BCUT2D eigenvalue weighted by Crippen LogP contribution is -2.47. The van der Waals surface area contributed by atoms with Gasteiger partial charge in [-0.3, -0.25) is 4.79 Å². The summed E-state index contributed by atoms with van der Waals surface area (Å²) in [7, 11) is 0. The first kappa shape index (κ1) is 24.5. The Morgan fingerprint density at radius 1 is 1.24 bits per heavy atom. The van der Waals surface area contributed by atoms with Crippen LogP contribution in [0, 0.1) is 11.8 Å². The number of anilines is 1. The van der Waals surface area contributed by atoms with Gasteiger partial charge in [0.25, 0.3) is 0 Å². The minimum atomic E-state index is -0.0311. The first-order valence-electron chi connectivity index (χ1n) is 12.1. The lowest BCUT2D eigenvalue weighted by atomic mass is 9.81. The van der Waals surface area contributed by atoms with E-state index in [1.54, 1.807) is 23.1 Å². The number of oxazole rings is 1. The summed E-state index contributed by atoms with van der Waals surface area (Å²) < 4.78 is 7.02. The number of nitrogens with two attached hydrogens (primary N) is 1. The first-order chi connectivity index (χ1) is 15.8. The van der Waals surface area contributed by atoms with Crippen molar-refractivity contribution in [2.24, 2.45) is 17.6 Å². The smallest absolute Gasteiger partial charge is 0.225 e. The van der Waals surface area contributed by atoms with Gasteiger partial charge in [0.1, 0.15) is 5.76 Å². The summed E-state index contributed by atoms with van der Waals surface area (Å²) in [4.78, 5) is 24.1. The van der Waals surface area contributed by atoms with Crippen LogP contribution in [0.2, 0.25) is 0 Å². The summed E-state index contributed by atoms with van der Waals surface area (Å²) in [5.41, 5.74) is 5.78. The standard InChI is InChI=1S/C24H37N5O2S2/c1-24(2,3)19-12-26-20(31-19)15-32-21-13-27-23(33-21)28-18-5-4-10-29(14-18)22(30)17-8-6-16(11-25)7-9-17/h12-13,16-18H,4-11,14-15,25H2,1-3H3,(H,27,28)/t16?,17?,18-/m1/s1. The highest BCUT2D eigenvalue weighted by molar-refractivity contribution is 8.00. The van der Waals surface area contributed by atoms with Gasteiger partial charge in [0.15, 0.2) is 5.13 Å². The van der Waals surface area contributed by atoms with E-state index in [0.717, 1.165) is 79.2 Å². The Morgan fingerprint density at radius 2 is 2.03 bits per heavy atom. The Hall–Kier alpha value is -1.58. The van der Waals surface area contributed by atoms with Crippen molar-refractivity contribution in [1.29, 1.82) is 0 Å². The molecule has 2 aliphatic rings. The van der Waals surface area contributed by atoms with Crippen LogP contribution in [0.4, 0.5) is 5.13 Å². The van der Waals surface area contributed by atoms with Crippen molar-refractivity contribution in [2.75, 3.05) is 25.0 Å². The van der Waals surface area contributed by atoms with Crippen molar-refractivity contribution in [3.8, 4) is 0 Å². The Balaban J connectivity index is 1.25. The first-order valence-corrected chi connectivity index (χ1v) is 13.9. The molecule has 1 aliphatic carbocycles. The molecule has 0 spiro atoms. The molecule has 182 valence electrons. The van der Waals surface area contributed by atoms with Crippen LogP contribution in [0.15, 0.2) is 21.0 Å². The van der Waals surface area contributed by atoms with Crippen LogP contribution < -0.4 is 11.1 Å². The van der Waals surface area contributed by atoms with Crippen LogP contribution in [-0.4, -0.2) is 46.5 Å². The Kier molecular flexibility index (Phi) is 8.02. The van der Waals surface area contributed by atoms with E-state index in [9.17, 15) is 4.79 Å². The summed E-state index contributed by atoms with van der Waals surface area (Å²) in [5.74, 6) is 3.47. The van der Waals surface area contributed by atoms with Crippen LogP contribution in [0.5, 0.6) is 0 Å². The maximum absolute atomic E-state index is 13.1. The predicted octanol–water partition coefficient (Wildman–Crippen LogP) is 4.89. The molecule has 3 heterocycles. The van der Waals surface area contributed by atoms with Gasteiger partial charge in [-0.2, -0.15) is 0 Å². The van der Waals surface area contributed by atoms with Crippen molar-refractivity contribution in [1.82, 2.24) is 14.9 Å². The lowest BCUT2D eigenvalue weighted by Gasteiger charge is -2.37. The molecule has 2 aromatic heterocycles. The molecule has 2 aromatic rings. The Labute approximate surface area is 205 Å². The molecule has 3 N–H and O–H groups in total. The molecular weight excluding hydrogens is 454 g/mol. The number of carbonyl (C=O) groups excluding carboxylic acids is 1. The third kappa shape index (κ3) is 6.51. The van der Waals surface area contributed by atoms with E-state index < -0.39 is 0 Å². The van der Waals surface area contributed by atoms with E-state index in [2.05, 4.69) is 41.0 Å². The monoisotopic (exact) mass is 491 g/mol. The van der Waals surface area contributed by atoms with Gasteiger partial charge in [-0.15, -0.1) is 11.8 Å². The minimum Gasteiger partial charge on any atom is -0.444 e. The Morgan fingerprint density at radius 3 is 2.73 bits per heavy atom. The van der Waals surface area contributed by atoms with Gasteiger partial charge in [0, 0.05) is 30.5 Å². The number of carbonyl (C=O) groups is 1. The summed E-state index contributed by atoms with van der Waals surface area (Å²) in [6.07, 6.45) is 10.0. The van der Waals surface area contributed by atoms with Gasteiger partial charge in [-0.1, -0.05) is 32.1 Å². The van der Waals surface area contributed by atoms with Gasteiger partial charge in [0.05, 0.1) is 22.4 Å². The fraction of sp³-hybridized carbons (Fsp3) is 0.708. The van der Waals surface area contributed by atoms with Gasteiger partial charge >= 0.3 is 0 Å². The summed E-state index contributed by atoms with van der Waals surface area (Å²) >= 11 is 3.35. The van der Waals surface area contributed by atoms with Crippen molar-refractivity contribution in [3.05, 3.63) is 24.0 Å². The van der Waals surface area contributed by atoms with E-state index in [4.69, 9.17) is 10.2 Å². The lowest BCUT2D eigenvalue weighted by molar-refractivity contribution is -0.137. The molecular formula is C24H37N5O2S2. The number of thioether (sulfide) groups is 1. The van der Waals surface area contributed by atoms with Crippen molar-refractivity contribution in [3.63, 3.8) is 0 Å². The molecule has 0 unspecified atom stereocenters. The molecule has 4 rings (SSSR count). The zero-order chi connectivity index (χ0) is 23.4. The molecule has 1 amide bonds. The quantitative estimate of drug-likeness (QED) is 0.532. The van der Waals surface area contributed by atoms with E-state index in [0.29, 0.717) is 17.6 Å². The molecule has 1 atom stereocenters. The molecule has 0 aromatic carbocycles. The molecule has 1 saturated heterocycles.